The fraction of sp³-hybridized carbons (Fsp3) is 0.250. The van der Waals surface area contributed by atoms with Crippen molar-refractivity contribution in [1.82, 2.24) is 15.4 Å². The largest absolute Gasteiger partial charge is 0.573 e. The maximum absolute atomic E-state index is 12.2. The minimum Gasteiger partial charge on any atom is -0.406 e. The van der Waals surface area contributed by atoms with E-state index in [2.05, 4.69) is 30.7 Å². The molecule has 0 saturated heterocycles. The predicted molar refractivity (Wildman–Crippen MR) is 102 cm³/mol. The average Bonchev–Trinajstić information content (AvgIpc) is 3.24. The number of alkyl halides is 3. The summed E-state index contributed by atoms with van der Waals surface area (Å²) >= 11 is 2.40. The standard InChI is InChI=1S/C16H14F3N5O3S2/c1-8-7-12(27-24-8)21-13(25)9(2)28-15-23-22-14(29-15)20-10-3-5-11(6-4-10)26-16(17,18)19/h3-7,9H,1-2H3,(H,20,22)(H,21,25). The number of ether oxygens (including phenoxy) is 1. The second kappa shape index (κ2) is 8.69. The van der Waals surface area contributed by atoms with Crippen LogP contribution in [0.4, 0.5) is 29.9 Å². The maximum atomic E-state index is 12.2. The van der Waals surface area contributed by atoms with Gasteiger partial charge in [0.2, 0.25) is 16.9 Å². The van der Waals surface area contributed by atoms with Crippen molar-refractivity contribution in [2.45, 2.75) is 29.8 Å². The Bertz CT molecular complexity index is 975. The van der Waals surface area contributed by atoms with E-state index < -0.39 is 11.6 Å². The molecule has 1 unspecified atom stereocenters. The highest BCUT2D eigenvalue weighted by atomic mass is 32.2. The molecular formula is C16H14F3N5O3S2. The van der Waals surface area contributed by atoms with Gasteiger partial charge in [-0.1, -0.05) is 28.3 Å². The summed E-state index contributed by atoms with van der Waals surface area (Å²) in [6.45, 7) is 3.45. The Hall–Kier alpha value is -2.80. The van der Waals surface area contributed by atoms with Crippen LogP contribution in [0.25, 0.3) is 0 Å². The summed E-state index contributed by atoms with van der Waals surface area (Å²) in [6, 6.07) is 6.82. The van der Waals surface area contributed by atoms with Gasteiger partial charge in [-0.25, -0.2) is 0 Å². The van der Waals surface area contributed by atoms with E-state index in [4.69, 9.17) is 4.52 Å². The first-order valence-corrected chi connectivity index (χ1v) is 9.75. The van der Waals surface area contributed by atoms with Crippen LogP contribution in [0.1, 0.15) is 12.6 Å². The molecule has 1 atom stereocenters. The second-order valence-corrected chi connectivity index (χ2v) is 8.22. The SMILES string of the molecule is Cc1cc(NC(=O)C(C)Sc2nnc(Nc3ccc(OC(F)(F)F)cc3)s2)on1. The zero-order valence-electron chi connectivity index (χ0n) is 15.0. The van der Waals surface area contributed by atoms with Gasteiger partial charge in [-0.2, -0.15) is 0 Å². The fourth-order valence-corrected chi connectivity index (χ4v) is 3.94. The summed E-state index contributed by atoms with van der Waals surface area (Å²) in [4.78, 5) is 12.2. The van der Waals surface area contributed by atoms with Gasteiger partial charge in [0.1, 0.15) is 5.75 Å². The van der Waals surface area contributed by atoms with Gasteiger partial charge in [0, 0.05) is 11.8 Å². The molecule has 3 rings (SSSR count). The molecule has 2 heterocycles. The molecule has 29 heavy (non-hydrogen) atoms. The van der Waals surface area contributed by atoms with Gasteiger partial charge in [-0.3, -0.25) is 10.1 Å². The van der Waals surface area contributed by atoms with Crippen LogP contribution in [0.2, 0.25) is 0 Å². The highest BCUT2D eigenvalue weighted by Gasteiger charge is 2.31. The summed E-state index contributed by atoms with van der Waals surface area (Å²) in [5.74, 6) is -0.341. The number of amides is 1. The second-order valence-electron chi connectivity index (χ2n) is 5.65. The Morgan fingerprint density at radius 1 is 1.28 bits per heavy atom. The summed E-state index contributed by atoms with van der Waals surface area (Å²) in [6.07, 6.45) is -4.74. The number of nitrogens with zero attached hydrogens (tertiary/aromatic N) is 3. The lowest BCUT2D eigenvalue weighted by molar-refractivity contribution is -0.274. The zero-order chi connectivity index (χ0) is 21.0. The number of aromatic nitrogens is 3. The monoisotopic (exact) mass is 445 g/mol. The van der Waals surface area contributed by atoms with Gasteiger partial charge >= 0.3 is 6.36 Å². The Kier molecular flexibility index (Phi) is 6.27. The quantitative estimate of drug-likeness (QED) is 0.509. The molecule has 8 nitrogen and oxygen atoms in total. The van der Waals surface area contributed by atoms with Crippen LogP contribution in [-0.2, 0) is 4.79 Å². The van der Waals surface area contributed by atoms with Gasteiger partial charge in [0.25, 0.3) is 0 Å². The van der Waals surface area contributed by atoms with Gasteiger partial charge in [0.05, 0.1) is 10.9 Å². The number of halogens is 3. The Morgan fingerprint density at radius 3 is 2.62 bits per heavy atom. The van der Waals surface area contributed by atoms with Crippen molar-refractivity contribution < 1.29 is 27.2 Å². The molecule has 0 aliphatic heterocycles. The molecule has 2 aromatic heterocycles. The van der Waals surface area contributed by atoms with Crippen molar-refractivity contribution >= 4 is 45.7 Å². The third-order valence-corrected chi connectivity index (χ3v) is 5.29. The number of hydrogen-bond donors (Lipinski definition) is 2. The van der Waals surface area contributed by atoms with E-state index in [-0.39, 0.29) is 17.5 Å². The number of thioether (sulfide) groups is 1. The molecular weight excluding hydrogens is 431 g/mol. The first kappa shape index (κ1) is 20.9. The number of aryl methyl sites for hydroxylation is 1. The van der Waals surface area contributed by atoms with E-state index in [1.165, 1.54) is 47.4 Å². The van der Waals surface area contributed by atoms with Crippen molar-refractivity contribution in [3.63, 3.8) is 0 Å². The van der Waals surface area contributed by atoms with E-state index in [1.807, 2.05) is 0 Å². The topological polar surface area (TPSA) is 102 Å². The van der Waals surface area contributed by atoms with Crippen LogP contribution in [-0.4, -0.2) is 32.9 Å². The van der Waals surface area contributed by atoms with Crippen molar-refractivity contribution in [3.8, 4) is 5.75 Å². The van der Waals surface area contributed by atoms with Crippen LogP contribution < -0.4 is 15.4 Å². The molecule has 0 radical (unpaired) electrons. The summed E-state index contributed by atoms with van der Waals surface area (Å²) in [5.41, 5.74) is 1.16. The number of anilines is 3. The fourth-order valence-electron chi connectivity index (χ4n) is 2.02. The van der Waals surface area contributed by atoms with Crippen LogP contribution in [0, 0.1) is 6.92 Å². The third-order valence-electron chi connectivity index (χ3n) is 3.27. The summed E-state index contributed by atoms with van der Waals surface area (Å²) in [7, 11) is 0. The number of carbonyl (C=O) groups is 1. The van der Waals surface area contributed by atoms with Crippen molar-refractivity contribution in [2.24, 2.45) is 0 Å². The van der Waals surface area contributed by atoms with Crippen LogP contribution in [0.3, 0.4) is 0 Å². The highest BCUT2D eigenvalue weighted by Crippen LogP contribution is 2.31. The van der Waals surface area contributed by atoms with Gasteiger partial charge < -0.3 is 14.6 Å². The highest BCUT2D eigenvalue weighted by molar-refractivity contribution is 8.02. The minimum atomic E-state index is -4.74. The van der Waals surface area contributed by atoms with Gasteiger partial charge in [0.15, 0.2) is 4.34 Å². The number of hydrogen-bond acceptors (Lipinski definition) is 9. The van der Waals surface area contributed by atoms with Crippen molar-refractivity contribution in [1.29, 1.82) is 0 Å². The molecule has 3 aromatic rings. The zero-order valence-corrected chi connectivity index (χ0v) is 16.6. The summed E-state index contributed by atoms with van der Waals surface area (Å²) < 4.78 is 45.8. The van der Waals surface area contributed by atoms with Gasteiger partial charge in [-0.05, 0) is 38.1 Å². The lowest BCUT2D eigenvalue weighted by Gasteiger charge is -2.09. The molecule has 0 aliphatic rings. The maximum Gasteiger partial charge on any atom is 0.573 e. The Morgan fingerprint density at radius 2 is 2.00 bits per heavy atom. The van der Waals surface area contributed by atoms with Gasteiger partial charge in [-0.15, -0.1) is 23.4 Å². The molecule has 154 valence electrons. The van der Waals surface area contributed by atoms with Crippen molar-refractivity contribution in [3.05, 3.63) is 36.0 Å². The normalized spacial score (nSPS) is 12.4. The smallest absolute Gasteiger partial charge is 0.406 e. The summed E-state index contributed by atoms with van der Waals surface area (Å²) in [5, 5.41) is 17.1. The Balaban J connectivity index is 1.54. The van der Waals surface area contributed by atoms with E-state index in [0.717, 1.165) is 0 Å². The van der Waals surface area contributed by atoms with E-state index in [9.17, 15) is 18.0 Å². The molecule has 0 aliphatic carbocycles. The minimum absolute atomic E-state index is 0.262. The van der Waals surface area contributed by atoms with E-state index in [0.29, 0.717) is 20.9 Å². The predicted octanol–water partition coefficient (Wildman–Crippen LogP) is 4.60. The number of carbonyl (C=O) groups excluding carboxylic acids is 1. The molecule has 0 bridgehead atoms. The average molecular weight is 445 g/mol. The van der Waals surface area contributed by atoms with Crippen LogP contribution >= 0.6 is 23.1 Å². The molecule has 0 fully saturated rings. The molecule has 13 heteroatoms. The van der Waals surface area contributed by atoms with Crippen molar-refractivity contribution in [2.75, 3.05) is 10.6 Å². The third kappa shape index (κ3) is 6.35. The van der Waals surface area contributed by atoms with E-state index in [1.54, 1.807) is 19.9 Å². The first-order chi connectivity index (χ1) is 13.7. The lowest BCUT2D eigenvalue weighted by atomic mass is 10.3. The number of nitrogens with one attached hydrogen (secondary N) is 2. The van der Waals surface area contributed by atoms with Crippen LogP contribution in [0.15, 0.2) is 39.2 Å². The van der Waals surface area contributed by atoms with E-state index >= 15 is 0 Å². The lowest BCUT2D eigenvalue weighted by Crippen LogP contribution is -2.22. The molecule has 2 N–H and O–H groups in total. The molecule has 0 saturated carbocycles. The molecule has 1 amide bonds. The first-order valence-electron chi connectivity index (χ1n) is 8.05. The number of benzene rings is 1. The van der Waals surface area contributed by atoms with Crippen LogP contribution in [0.5, 0.6) is 5.75 Å². The molecule has 0 spiro atoms. The Labute approximate surface area is 170 Å². The molecule has 1 aromatic carbocycles. The number of rotatable bonds is 7.